The van der Waals surface area contributed by atoms with Crippen LogP contribution < -0.4 is 10.6 Å². The van der Waals surface area contributed by atoms with E-state index in [0.29, 0.717) is 16.3 Å². The van der Waals surface area contributed by atoms with Crippen molar-refractivity contribution < 1.29 is 4.79 Å². The normalized spacial score (nSPS) is 10.3. The van der Waals surface area contributed by atoms with Gasteiger partial charge in [0.2, 0.25) is 0 Å². The van der Waals surface area contributed by atoms with E-state index in [0.717, 1.165) is 18.8 Å². The smallest absolute Gasteiger partial charge is 0.255 e. The van der Waals surface area contributed by atoms with Gasteiger partial charge in [0.25, 0.3) is 5.91 Å². The zero-order valence-electron chi connectivity index (χ0n) is 13.6. The summed E-state index contributed by atoms with van der Waals surface area (Å²) in [4.78, 5) is 16.5. The van der Waals surface area contributed by atoms with Crippen molar-refractivity contribution in [3.63, 3.8) is 0 Å². The summed E-state index contributed by atoms with van der Waals surface area (Å²) in [6.07, 6.45) is 2.56. The maximum absolute atomic E-state index is 12.2. The third-order valence-corrected chi connectivity index (χ3v) is 3.91. The molecule has 0 fully saturated rings. The van der Waals surface area contributed by atoms with E-state index in [9.17, 15) is 4.79 Å². The molecule has 126 valence electrons. The Labute approximate surface area is 151 Å². The molecule has 1 aromatic heterocycles. The third-order valence-electron chi connectivity index (χ3n) is 3.67. The highest BCUT2D eigenvalue weighted by Gasteiger charge is 2.06. The number of anilines is 2. The maximum atomic E-state index is 12.2. The summed E-state index contributed by atoms with van der Waals surface area (Å²) in [5.74, 6) is 0.561. The first-order valence-electron chi connectivity index (χ1n) is 8.01. The number of rotatable bonds is 6. The molecular formula is C20H18ClN3O. The molecule has 1 amide bonds. The van der Waals surface area contributed by atoms with Gasteiger partial charge in [-0.3, -0.25) is 4.79 Å². The van der Waals surface area contributed by atoms with Gasteiger partial charge >= 0.3 is 0 Å². The molecule has 0 aliphatic heterocycles. The Balaban J connectivity index is 1.52. The number of hydrogen-bond acceptors (Lipinski definition) is 3. The number of pyridine rings is 1. The van der Waals surface area contributed by atoms with Gasteiger partial charge in [0.05, 0.1) is 11.9 Å². The minimum atomic E-state index is -0.214. The molecule has 25 heavy (non-hydrogen) atoms. The Morgan fingerprint density at radius 1 is 1.00 bits per heavy atom. The largest absolute Gasteiger partial charge is 0.370 e. The average molecular weight is 352 g/mol. The number of hydrogen-bond donors (Lipinski definition) is 2. The Morgan fingerprint density at radius 2 is 1.84 bits per heavy atom. The summed E-state index contributed by atoms with van der Waals surface area (Å²) in [5.41, 5.74) is 2.43. The van der Waals surface area contributed by atoms with Crippen molar-refractivity contribution in [2.75, 3.05) is 17.2 Å². The lowest BCUT2D eigenvalue weighted by Crippen LogP contribution is -2.12. The van der Waals surface area contributed by atoms with Gasteiger partial charge in [-0.15, -0.1) is 0 Å². The second-order valence-corrected chi connectivity index (χ2v) is 6.00. The van der Waals surface area contributed by atoms with E-state index in [1.54, 1.807) is 30.5 Å². The number of carbonyl (C=O) groups excluding carboxylic acids is 1. The lowest BCUT2D eigenvalue weighted by atomic mass is 10.1. The van der Waals surface area contributed by atoms with Crippen LogP contribution in [-0.2, 0) is 6.42 Å². The zero-order valence-corrected chi connectivity index (χ0v) is 14.3. The minimum Gasteiger partial charge on any atom is -0.370 e. The molecule has 0 saturated heterocycles. The van der Waals surface area contributed by atoms with E-state index < -0.39 is 0 Å². The quantitative estimate of drug-likeness (QED) is 0.680. The van der Waals surface area contributed by atoms with Crippen LogP contribution >= 0.6 is 11.6 Å². The highest BCUT2D eigenvalue weighted by molar-refractivity contribution is 6.31. The van der Waals surface area contributed by atoms with Gasteiger partial charge in [-0.25, -0.2) is 4.98 Å². The Hall–Kier alpha value is -2.85. The van der Waals surface area contributed by atoms with Crippen molar-refractivity contribution in [3.05, 3.63) is 89.1 Å². The van der Waals surface area contributed by atoms with Gasteiger partial charge in [-0.1, -0.05) is 48.0 Å². The van der Waals surface area contributed by atoms with Gasteiger partial charge in [0.15, 0.2) is 0 Å². The molecule has 0 saturated carbocycles. The van der Waals surface area contributed by atoms with E-state index in [-0.39, 0.29) is 5.91 Å². The second kappa shape index (κ2) is 8.31. The topological polar surface area (TPSA) is 54.0 Å². The highest BCUT2D eigenvalue weighted by Crippen LogP contribution is 2.14. The van der Waals surface area contributed by atoms with Crippen molar-refractivity contribution in [2.45, 2.75) is 6.42 Å². The standard InChI is InChI=1S/C20H18ClN3O/c21-17-8-4-7-16(13-17)20(25)24-18-9-10-19(23-14-18)22-12-11-15-5-2-1-3-6-15/h1-10,13-14H,11-12H2,(H,22,23)(H,24,25). The van der Waals surface area contributed by atoms with Crippen LogP contribution in [-0.4, -0.2) is 17.4 Å². The van der Waals surface area contributed by atoms with E-state index in [1.807, 2.05) is 30.3 Å². The van der Waals surface area contributed by atoms with E-state index >= 15 is 0 Å². The Kier molecular flexibility index (Phi) is 5.65. The van der Waals surface area contributed by atoms with Crippen LogP contribution in [0, 0.1) is 0 Å². The van der Waals surface area contributed by atoms with Gasteiger partial charge in [0, 0.05) is 17.1 Å². The molecule has 2 N–H and O–H groups in total. The van der Waals surface area contributed by atoms with Crippen LogP contribution in [0.1, 0.15) is 15.9 Å². The number of nitrogens with zero attached hydrogens (tertiary/aromatic N) is 1. The number of carbonyl (C=O) groups is 1. The van der Waals surface area contributed by atoms with Crippen LogP contribution in [0.5, 0.6) is 0 Å². The van der Waals surface area contributed by atoms with Crippen LogP contribution in [0.3, 0.4) is 0 Å². The Morgan fingerprint density at radius 3 is 2.56 bits per heavy atom. The average Bonchev–Trinajstić information content (AvgIpc) is 2.64. The number of aromatic nitrogens is 1. The van der Waals surface area contributed by atoms with Gasteiger partial charge in [0.1, 0.15) is 5.82 Å². The number of amides is 1. The predicted octanol–water partition coefficient (Wildman–Crippen LogP) is 4.64. The summed E-state index contributed by atoms with van der Waals surface area (Å²) in [7, 11) is 0. The number of nitrogens with one attached hydrogen (secondary N) is 2. The first kappa shape index (κ1) is 17.0. The van der Waals surface area contributed by atoms with E-state index in [1.165, 1.54) is 5.56 Å². The van der Waals surface area contributed by atoms with Crippen molar-refractivity contribution in [1.29, 1.82) is 0 Å². The molecule has 0 spiro atoms. The Bertz CT molecular complexity index is 835. The maximum Gasteiger partial charge on any atom is 0.255 e. The molecule has 2 aromatic carbocycles. The zero-order chi connectivity index (χ0) is 17.5. The lowest BCUT2D eigenvalue weighted by Gasteiger charge is -2.08. The van der Waals surface area contributed by atoms with Crippen molar-refractivity contribution >= 4 is 29.0 Å². The molecule has 0 radical (unpaired) electrons. The summed E-state index contributed by atoms with van der Waals surface area (Å²) in [5, 5.41) is 6.61. The summed E-state index contributed by atoms with van der Waals surface area (Å²) in [6, 6.07) is 20.8. The fraction of sp³-hybridized carbons (Fsp3) is 0.100. The molecule has 0 unspecified atom stereocenters. The van der Waals surface area contributed by atoms with E-state index in [2.05, 4.69) is 27.8 Å². The summed E-state index contributed by atoms with van der Waals surface area (Å²) in [6.45, 7) is 0.797. The van der Waals surface area contributed by atoms with Crippen LogP contribution in [0.2, 0.25) is 5.02 Å². The highest BCUT2D eigenvalue weighted by atomic mass is 35.5. The molecule has 3 aromatic rings. The molecule has 0 aliphatic rings. The summed E-state index contributed by atoms with van der Waals surface area (Å²) < 4.78 is 0. The molecule has 4 nitrogen and oxygen atoms in total. The molecule has 0 bridgehead atoms. The molecule has 1 heterocycles. The molecule has 5 heteroatoms. The summed E-state index contributed by atoms with van der Waals surface area (Å²) >= 11 is 5.90. The van der Waals surface area contributed by atoms with Crippen LogP contribution in [0.15, 0.2) is 72.9 Å². The first-order valence-corrected chi connectivity index (χ1v) is 8.39. The van der Waals surface area contributed by atoms with Crippen LogP contribution in [0.4, 0.5) is 11.5 Å². The van der Waals surface area contributed by atoms with Gasteiger partial charge in [-0.05, 0) is 42.3 Å². The van der Waals surface area contributed by atoms with Gasteiger partial charge in [-0.2, -0.15) is 0 Å². The lowest BCUT2D eigenvalue weighted by molar-refractivity contribution is 0.102. The minimum absolute atomic E-state index is 0.214. The molecule has 0 atom stereocenters. The van der Waals surface area contributed by atoms with Crippen molar-refractivity contribution in [1.82, 2.24) is 4.98 Å². The van der Waals surface area contributed by atoms with Crippen molar-refractivity contribution in [3.8, 4) is 0 Å². The van der Waals surface area contributed by atoms with Crippen molar-refractivity contribution in [2.24, 2.45) is 0 Å². The molecule has 0 aliphatic carbocycles. The molecule has 3 rings (SSSR count). The van der Waals surface area contributed by atoms with Gasteiger partial charge < -0.3 is 10.6 Å². The predicted molar refractivity (Wildman–Crippen MR) is 102 cm³/mol. The fourth-order valence-corrected chi connectivity index (χ4v) is 2.58. The molecular weight excluding hydrogens is 334 g/mol. The third kappa shape index (κ3) is 5.06. The second-order valence-electron chi connectivity index (χ2n) is 5.56. The van der Waals surface area contributed by atoms with E-state index in [4.69, 9.17) is 11.6 Å². The van der Waals surface area contributed by atoms with Crippen LogP contribution in [0.25, 0.3) is 0 Å². The number of benzene rings is 2. The fourth-order valence-electron chi connectivity index (χ4n) is 2.38. The SMILES string of the molecule is O=C(Nc1ccc(NCCc2ccccc2)nc1)c1cccc(Cl)c1. The first-order chi connectivity index (χ1) is 12.2. The number of halogens is 1. The monoisotopic (exact) mass is 351 g/mol.